The molecular weight excluding hydrogens is 296 g/mol. The number of carboxylic acid groups (broad SMARTS) is 1. The Balaban J connectivity index is 1.94. The first kappa shape index (κ1) is 13.6. The number of carboxylic acids is 1. The average Bonchev–Trinajstić information content (AvgIpc) is 2.94. The van der Waals surface area contributed by atoms with E-state index in [1.807, 2.05) is 6.20 Å². The van der Waals surface area contributed by atoms with E-state index >= 15 is 0 Å². The normalized spacial score (nSPS) is 16.6. The Morgan fingerprint density at radius 1 is 1.56 bits per heavy atom. The zero-order chi connectivity index (χ0) is 13.1. The molecule has 0 radical (unpaired) electrons. The van der Waals surface area contributed by atoms with Gasteiger partial charge >= 0.3 is 5.97 Å². The lowest BCUT2D eigenvalue weighted by molar-refractivity contribution is 0.0684. The summed E-state index contributed by atoms with van der Waals surface area (Å²) >= 11 is 3.33. The van der Waals surface area contributed by atoms with Crippen molar-refractivity contribution < 1.29 is 9.90 Å². The molecule has 1 aliphatic rings. The lowest BCUT2D eigenvalue weighted by Crippen LogP contribution is -2.32. The summed E-state index contributed by atoms with van der Waals surface area (Å²) in [6, 6.07) is 2.33. The van der Waals surface area contributed by atoms with E-state index in [0.717, 1.165) is 17.6 Å². The van der Waals surface area contributed by atoms with Crippen LogP contribution in [0, 0.1) is 0 Å². The number of aromatic carboxylic acids is 1. The van der Waals surface area contributed by atoms with E-state index in [4.69, 9.17) is 5.11 Å². The molecule has 5 heteroatoms. The van der Waals surface area contributed by atoms with Gasteiger partial charge in [-0.1, -0.05) is 12.8 Å². The maximum absolute atomic E-state index is 11.1. The summed E-state index contributed by atoms with van der Waals surface area (Å²) in [4.78, 5) is 13.4. The predicted molar refractivity (Wildman–Crippen MR) is 74.0 cm³/mol. The molecule has 0 unspecified atom stereocenters. The fourth-order valence-corrected chi connectivity index (χ4v) is 3.10. The third-order valence-electron chi connectivity index (χ3n) is 3.72. The number of aromatic nitrogens is 1. The van der Waals surface area contributed by atoms with Gasteiger partial charge in [0, 0.05) is 29.8 Å². The molecule has 1 fully saturated rings. The van der Waals surface area contributed by atoms with Crippen LogP contribution in [0.25, 0.3) is 0 Å². The van der Waals surface area contributed by atoms with Gasteiger partial charge in [-0.15, -0.1) is 0 Å². The van der Waals surface area contributed by atoms with E-state index in [2.05, 4.69) is 27.9 Å². The SMILES string of the molecule is CN(CCn1cc(Br)cc1C(=O)O)C1CCCC1. The lowest BCUT2D eigenvalue weighted by atomic mass is 10.2. The monoisotopic (exact) mass is 314 g/mol. The van der Waals surface area contributed by atoms with Gasteiger partial charge in [0.25, 0.3) is 0 Å². The van der Waals surface area contributed by atoms with E-state index in [-0.39, 0.29) is 0 Å². The minimum absolute atomic E-state index is 0.349. The summed E-state index contributed by atoms with van der Waals surface area (Å²) in [5, 5.41) is 9.10. The first-order valence-electron chi connectivity index (χ1n) is 6.37. The Morgan fingerprint density at radius 2 is 2.22 bits per heavy atom. The maximum Gasteiger partial charge on any atom is 0.352 e. The number of hydrogen-bond acceptors (Lipinski definition) is 2. The van der Waals surface area contributed by atoms with E-state index in [1.165, 1.54) is 25.7 Å². The molecule has 1 aromatic rings. The van der Waals surface area contributed by atoms with Crippen molar-refractivity contribution in [3.8, 4) is 0 Å². The van der Waals surface area contributed by atoms with Gasteiger partial charge in [0.2, 0.25) is 0 Å². The smallest absolute Gasteiger partial charge is 0.352 e. The largest absolute Gasteiger partial charge is 0.477 e. The van der Waals surface area contributed by atoms with Crippen LogP contribution in [-0.2, 0) is 6.54 Å². The second-order valence-electron chi connectivity index (χ2n) is 4.96. The molecule has 18 heavy (non-hydrogen) atoms. The Kier molecular flexibility index (Phi) is 4.45. The second kappa shape index (κ2) is 5.89. The lowest BCUT2D eigenvalue weighted by Gasteiger charge is -2.24. The number of rotatable bonds is 5. The highest BCUT2D eigenvalue weighted by Crippen LogP contribution is 2.22. The van der Waals surface area contributed by atoms with Crippen LogP contribution in [0.5, 0.6) is 0 Å². The molecule has 1 aliphatic carbocycles. The molecule has 4 nitrogen and oxygen atoms in total. The van der Waals surface area contributed by atoms with Gasteiger partial charge in [0.15, 0.2) is 0 Å². The van der Waals surface area contributed by atoms with Gasteiger partial charge in [-0.2, -0.15) is 0 Å². The Bertz CT molecular complexity index is 425. The number of likely N-dealkylation sites (N-methyl/N-ethyl adjacent to an activating group) is 1. The second-order valence-corrected chi connectivity index (χ2v) is 5.88. The van der Waals surface area contributed by atoms with E-state index in [0.29, 0.717) is 11.7 Å². The van der Waals surface area contributed by atoms with Crippen LogP contribution in [0.3, 0.4) is 0 Å². The van der Waals surface area contributed by atoms with Crippen LogP contribution in [-0.4, -0.2) is 40.2 Å². The molecule has 1 aromatic heterocycles. The summed E-state index contributed by atoms with van der Waals surface area (Å²) in [7, 11) is 2.13. The number of hydrogen-bond donors (Lipinski definition) is 1. The first-order valence-corrected chi connectivity index (χ1v) is 7.16. The third kappa shape index (κ3) is 3.14. The molecule has 0 spiro atoms. The molecule has 1 N–H and O–H groups in total. The fourth-order valence-electron chi connectivity index (χ4n) is 2.63. The highest BCUT2D eigenvalue weighted by atomic mass is 79.9. The first-order chi connectivity index (χ1) is 8.58. The molecule has 100 valence electrons. The van der Waals surface area contributed by atoms with Crippen molar-refractivity contribution in [3.05, 3.63) is 22.4 Å². The highest BCUT2D eigenvalue weighted by Gasteiger charge is 2.19. The average molecular weight is 315 g/mol. The molecule has 1 heterocycles. The van der Waals surface area contributed by atoms with Gasteiger partial charge in [-0.25, -0.2) is 4.79 Å². The van der Waals surface area contributed by atoms with Gasteiger partial charge in [-0.3, -0.25) is 0 Å². The summed E-state index contributed by atoms with van der Waals surface area (Å²) in [6.07, 6.45) is 7.04. The molecule has 0 aromatic carbocycles. The molecule has 0 amide bonds. The quantitative estimate of drug-likeness (QED) is 0.909. The van der Waals surface area contributed by atoms with Crippen molar-refractivity contribution in [2.75, 3.05) is 13.6 Å². The predicted octanol–water partition coefficient (Wildman–Crippen LogP) is 2.82. The standard InChI is InChI=1S/C13H19BrN2O2/c1-15(11-4-2-3-5-11)6-7-16-9-10(14)8-12(16)13(17)18/h8-9,11H,2-7H2,1H3,(H,17,18). The van der Waals surface area contributed by atoms with Crippen LogP contribution < -0.4 is 0 Å². The summed E-state index contributed by atoms with van der Waals surface area (Å²) in [6.45, 7) is 1.62. The molecule has 0 bridgehead atoms. The molecule has 0 aliphatic heterocycles. The van der Waals surface area contributed by atoms with E-state index < -0.39 is 5.97 Å². The van der Waals surface area contributed by atoms with Gasteiger partial charge in [0.05, 0.1) is 0 Å². The zero-order valence-corrected chi connectivity index (χ0v) is 12.2. The topological polar surface area (TPSA) is 45.5 Å². The summed E-state index contributed by atoms with van der Waals surface area (Å²) in [5.74, 6) is -0.871. The van der Waals surface area contributed by atoms with Gasteiger partial charge < -0.3 is 14.6 Å². The molecule has 1 saturated carbocycles. The van der Waals surface area contributed by atoms with Crippen molar-refractivity contribution >= 4 is 21.9 Å². The van der Waals surface area contributed by atoms with Gasteiger partial charge in [0.1, 0.15) is 5.69 Å². The minimum atomic E-state index is -0.871. The zero-order valence-electron chi connectivity index (χ0n) is 10.6. The molecule has 0 atom stereocenters. The van der Waals surface area contributed by atoms with Crippen molar-refractivity contribution in [2.24, 2.45) is 0 Å². The van der Waals surface area contributed by atoms with Crippen molar-refractivity contribution in [1.82, 2.24) is 9.47 Å². The summed E-state index contributed by atoms with van der Waals surface area (Å²) < 4.78 is 2.63. The van der Waals surface area contributed by atoms with Crippen molar-refractivity contribution in [2.45, 2.75) is 38.3 Å². The Morgan fingerprint density at radius 3 is 2.83 bits per heavy atom. The van der Waals surface area contributed by atoms with Crippen LogP contribution in [0.1, 0.15) is 36.2 Å². The van der Waals surface area contributed by atoms with Gasteiger partial charge in [-0.05, 0) is 41.9 Å². The molecular formula is C13H19BrN2O2. The highest BCUT2D eigenvalue weighted by molar-refractivity contribution is 9.10. The number of carbonyl (C=O) groups is 1. The van der Waals surface area contributed by atoms with Crippen LogP contribution in [0.4, 0.5) is 0 Å². The van der Waals surface area contributed by atoms with E-state index in [9.17, 15) is 4.79 Å². The number of nitrogens with zero attached hydrogens (tertiary/aromatic N) is 2. The van der Waals surface area contributed by atoms with Crippen LogP contribution in [0.2, 0.25) is 0 Å². The Labute approximate surface area is 116 Å². The van der Waals surface area contributed by atoms with Crippen LogP contribution >= 0.6 is 15.9 Å². The third-order valence-corrected chi connectivity index (χ3v) is 4.16. The van der Waals surface area contributed by atoms with Crippen molar-refractivity contribution in [1.29, 1.82) is 0 Å². The fraction of sp³-hybridized carbons (Fsp3) is 0.615. The summed E-state index contributed by atoms with van der Waals surface area (Å²) in [5.41, 5.74) is 0.349. The maximum atomic E-state index is 11.1. The minimum Gasteiger partial charge on any atom is -0.477 e. The van der Waals surface area contributed by atoms with E-state index in [1.54, 1.807) is 10.6 Å². The number of halogens is 1. The molecule has 2 rings (SSSR count). The van der Waals surface area contributed by atoms with Crippen molar-refractivity contribution in [3.63, 3.8) is 0 Å². The van der Waals surface area contributed by atoms with Crippen LogP contribution in [0.15, 0.2) is 16.7 Å². The molecule has 0 saturated heterocycles. The Hall–Kier alpha value is -0.810.